The van der Waals surface area contributed by atoms with Crippen molar-refractivity contribution in [2.75, 3.05) is 0 Å². The van der Waals surface area contributed by atoms with Crippen LogP contribution < -0.4 is 0 Å². The smallest absolute Gasteiger partial charge is 0.00317 e. The van der Waals surface area contributed by atoms with Gasteiger partial charge in [-0.3, -0.25) is 0 Å². The van der Waals surface area contributed by atoms with E-state index in [1.165, 1.54) is 40.8 Å². The van der Waals surface area contributed by atoms with E-state index in [1.54, 1.807) is 31.7 Å². The molecule has 2 fully saturated rings. The Morgan fingerprint density at radius 1 is 1.00 bits per heavy atom. The van der Waals surface area contributed by atoms with Gasteiger partial charge in [-0.2, -0.15) is 0 Å². The van der Waals surface area contributed by atoms with Gasteiger partial charge >= 0.3 is 0 Å². The molecule has 0 aromatic rings. The van der Waals surface area contributed by atoms with Gasteiger partial charge in [0.15, 0.2) is 0 Å². The molecule has 0 amide bonds. The molecule has 64 valence electrons. The fourth-order valence-electron chi connectivity index (χ4n) is 2.79. The molecule has 2 rings (SSSR count). The van der Waals surface area contributed by atoms with E-state index in [0.29, 0.717) is 0 Å². The molecule has 0 bridgehead atoms. The van der Waals surface area contributed by atoms with E-state index in [4.69, 9.17) is 0 Å². The second-order valence-electron chi connectivity index (χ2n) is 4.45. The molecule has 0 nitrogen and oxygen atoms in total. The maximum Gasteiger partial charge on any atom is 0.00317 e. The molecule has 0 N–H and O–H groups in total. The quantitative estimate of drug-likeness (QED) is 0.565. The average Bonchev–Trinajstić information content (AvgIpc) is 1.78. The summed E-state index contributed by atoms with van der Waals surface area (Å²) in [5.41, 5.74) is 0. The molecular formula is C10H20Si. The van der Waals surface area contributed by atoms with Crippen molar-refractivity contribution in [2.24, 2.45) is 17.8 Å². The highest BCUT2D eigenvalue weighted by Crippen LogP contribution is 2.45. The fourth-order valence-corrected chi connectivity index (χ4v) is 4.12. The van der Waals surface area contributed by atoms with Crippen LogP contribution >= 0.6 is 0 Å². The van der Waals surface area contributed by atoms with Gasteiger partial charge in [-0.15, -0.1) is 0 Å². The monoisotopic (exact) mass is 168 g/mol. The minimum absolute atomic E-state index is 1.18. The minimum atomic E-state index is 1.18. The summed E-state index contributed by atoms with van der Waals surface area (Å²) in [6.45, 7) is 0. The van der Waals surface area contributed by atoms with E-state index in [-0.39, 0.29) is 0 Å². The van der Waals surface area contributed by atoms with Crippen molar-refractivity contribution in [3.63, 3.8) is 0 Å². The molecule has 0 radical (unpaired) electrons. The van der Waals surface area contributed by atoms with Gasteiger partial charge in [0, 0.05) is 10.2 Å². The highest BCUT2D eigenvalue weighted by Gasteiger charge is 2.34. The molecule has 1 heteroatoms. The van der Waals surface area contributed by atoms with Crippen molar-refractivity contribution in [3.8, 4) is 0 Å². The van der Waals surface area contributed by atoms with Crippen LogP contribution in [0.5, 0.6) is 0 Å². The van der Waals surface area contributed by atoms with Crippen LogP contribution in [0.2, 0.25) is 6.04 Å². The highest BCUT2D eigenvalue weighted by atomic mass is 28.1. The van der Waals surface area contributed by atoms with Crippen molar-refractivity contribution < 1.29 is 0 Å². The number of hydrogen-bond acceptors (Lipinski definition) is 0. The molecule has 11 heavy (non-hydrogen) atoms. The Morgan fingerprint density at radius 2 is 1.45 bits per heavy atom. The Balaban J connectivity index is 1.83. The first-order chi connectivity index (χ1) is 5.42. The molecule has 0 spiro atoms. The van der Waals surface area contributed by atoms with Crippen LogP contribution in [0.4, 0.5) is 0 Å². The van der Waals surface area contributed by atoms with Crippen molar-refractivity contribution in [1.29, 1.82) is 0 Å². The lowest BCUT2D eigenvalue weighted by atomic mass is 9.65. The van der Waals surface area contributed by atoms with Crippen molar-refractivity contribution in [2.45, 2.75) is 44.6 Å². The van der Waals surface area contributed by atoms with E-state index in [0.717, 1.165) is 0 Å². The summed E-state index contributed by atoms with van der Waals surface area (Å²) in [7, 11) is 1.44. The van der Waals surface area contributed by atoms with Crippen LogP contribution in [0.25, 0.3) is 0 Å². The summed E-state index contributed by atoms with van der Waals surface area (Å²) in [6.07, 6.45) is 9.37. The maximum atomic E-state index is 1.59. The standard InChI is InChI=1S/C10H20Si/c11-7-10(8-3-1-4-8)9-5-2-6-9/h8-10H,1-7H2,11H3. The zero-order valence-electron chi connectivity index (χ0n) is 7.68. The highest BCUT2D eigenvalue weighted by molar-refractivity contribution is 6.08. The van der Waals surface area contributed by atoms with Crippen LogP contribution in [0.15, 0.2) is 0 Å². The van der Waals surface area contributed by atoms with E-state index in [2.05, 4.69) is 0 Å². The van der Waals surface area contributed by atoms with Crippen LogP contribution in [-0.2, 0) is 0 Å². The number of hydrogen-bond donors (Lipinski definition) is 0. The molecule has 0 aliphatic heterocycles. The zero-order chi connectivity index (χ0) is 7.68. The van der Waals surface area contributed by atoms with Gasteiger partial charge in [0.1, 0.15) is 0 Å². The molecular weight excluding hydrogens is 148 g/mol. The maximum absolute atomic E-state index is 1.59. The van der Waals surface area contributed by atoms with Crippen LogP contribution in [0, 0.1) is 17.8 Å². The van der Waals surface area contributed by atoms with Gasteiger partial charge in [-0.05, 0) is 17.8 Å². The van der Waals surface area contributed by atoms with Gasteiger partial charge in [-0.1, -0.05) is 44.6 Å². The number of rotatable bonds is 3. The van der Waals surface area contributed by atoms with Crippen LogP contribution in [0.3, 0.4) is 0 Å². The van der Waals surface area contributed by atoms with Gasteiger partial charge < -0.3 is 0 Å². The Kier molecular flexibility index (Phi) is 2.35. The molecule has 2 saturated carbocycles. The molecule has 0 heterocycles. The second-order valence-corrected chi connectivity index (χ2v) is 5.27. The summed E-state index contributed by atoms with van der Waals surface area (Å²) < 4.78 is 0. The summed E-state index contributed by atoms with van der Waals surface area (Å²) in [6, 6.07) is 1.59. The lowest BCUT2D eigenvalue weighted by Gasteiger charge is -2.42. The molecule has 0 unspecified atom stereocenters. The molecule has 2 aliphatic rings. The van der Waals surface area contributed by atoms with Gasteiger partial charge in [-0.25, -0.2) is 0 Å². The van der Waals surface area contributed by atoms with E-state index in [1.807, 2.05) is 0 Å². The van der Waals surface area contributed by atoms with E-state index in [9.17, 15) is 0 Å². The fraction of sp³-hybridized carbons (Fsp3) is 1.00. The van der Waals surface area contributed by atoms with E-state index >= 15 is 0 Å². The molecule has 0 saturated heterocycles. The first-order valence-corrected chi connectivity index (χ1v) is 6.83. The largest absolute Gasteiger partial charge is 0.0625 e. The Labute approximate surface area is 73.2 Å². The predicted octanol–water partition coefficient (Wildman–Crippen LogP) is 1.99. The van der Waals surface area contributed by atoms with Crippen molar-refractivity contribution >= 4 is 10.2 Å². The third-order valence-electron chi connectivity index (χ3n) is 3.98. The molecule has 0 aromatic carbocycles. The summed E-state index contributed by atoms with van der Waals surface area (Å²) >= 11 is 0. The first kappa shape index (κ1) is 7.84. The van der Waals surface area contributed by atoms with E-state index < -0.39 is 0 Å². The summed E-state index contributed by atoms with van der Waals surface area (Å²) in [4.78, 5) is 0. The van der Waals surface area contributed by atoms with Crippen LogP contribution in [-0.4, -0.2) is 10.2 Å². The van der Waals surface area contributed by atoms with Gasteiger partial charge in [0.25, 0.3) is 0 Å². The Morgan fingerprint density at radius 3 is 1.64 bits per heavy atom. The normalized spacial score (nSPS) is 27.0. The third-order valence-corrected chi connectivity index (χ3v) is 4.92. The molecule has 0 aromatic heterocycles. The Hall–Kier alpha value is 0.217. The van der Waals surface area contributed by atoms with Crippen molar-refractivity contribution in [1.82, 2.24) is 0 Å². The first-order valence-electron chi connectivity index (χ1n) is 5.42. The molecule has 2 aliphatic carbocycles. The van der Waals surface area contributed by atoms with Crippen LogP contribution in [0.1, 0.15) is 38.5 Å². The molecule has 0 atom stereocenters. The minimum Gasteiger partial charge on any atom is -0.0625 e. The zero-order valence-corrected chi connectivity index (χ0v) is 9.68. The average molecular weight is 168 g/mol. The lowest BCUT2D eigenvalue weighted by molar-refractivity contribution is 0.108. The van der Waals surface area contributed by atoms with Crippen molar-refractivity contribution in [3.05, 3.63) is 0 Å². The second kappa shape index (κ2) is 3.30. The van der Waals surface area contributed by atoms with Gasteiger partial charge in [0.2, 0.25) is 0 Å². The third kappa shape index (κ3) is 1.40. The summed E-state index contributed by atoms with van der Waals surface area (Å²) in [5, 5.41) is 0. The van der Waals surface area contributed by atoms with Gasteiger partial charge in [0.05, 0.1) is 0 Å². The lowest BCUT2D eigenvalue weighted by Crippen LogP contribution is -2.31. The predicted molar refractivity (Wildman–Crippen MR) is 52.9 cm³/mol. The SMILES string of the molecule is [SiH3]CC(C1CCC1)C1CCC1. The summed E-state index contributed by atoms with van der Waals surface area (Å²) in [5.74, 6) is 3.54. The Bertz CT molecular complexity index is 111. The topological polar surface area (TPSA) is 0 Å².